The predicted octanol–water partition coefficient (Wildman–Crippen LogP) is 4.01. The summed E-state index contributed by atoms with van der Waals surface area (Å²) in [6, 6.07) is 12.8. The van der Waals surface area contributed by atoms with E-state index in [0.717, 1.165) is 11.1 Å². The van der Waals surface area contributed by atoms with Gasteiger partial charge < -0.3 is 10.2 Å². The number of anilines is 1. The van der Waals surface area contributed by atoms with E-state index in [2.05, 4.69) is 5.32 Å². The zero-order valence-corrected chi connectivity index (χ0v) is 15.7. The zero-order chi connectivity index (χ0) is 18.4. The smallest absolute Gasteiger partial charge is 0.224 e. The SMILES string of the molecule is CC(=O)N(CCNC(=O)Cc1ccc(C)cc1)c1cc(Cl)ccc1Cl. The maximum atomic E-state index is 12.0. The predicted molar refractivity (Wildman–Crippen MR) is 102 cm³/mol. The molecule has 0 saturated carbocycles. The number of carbonyl (C=O) groups excluding carboxylic acids is 2. The van der Waals surface area contributed by atoms with Crippen molar-refractivity contribution in [1.29, 1.82) is 0 Å². The molecule has 0 fully saturated rings. The third-order valence-corrected chi connectivity index (χ3v) is 4.28. The average molecular weight is 379 g/mol. The van der Waals surface area contributed by atoms with Gasteiger partial charge in [0.05, 0.1) is 17.1 Å². The molecule has 0 saturated heterocycles. The summed E-state index contributed by atoms with van der Waals surface area (Å²) in [5, 5.41) is 3.76. The van der Waals surface area contributed by atoms with Crippen LogP contribution in [0.15, 0.2) is 42.5 Å². The van der Waals surface area contributed by atoms with E-state index in [4.69, 9.17) is 23.2 Å². The van der Waals surface area contributed by atoms with Crippen LogP contribution in [0.4, 0.5) is 5.69 Å². The minimum atomic E-state index is -0.169. The van der Waals surface area contributed by atoms with E-state index in [1.165, 1.54) is 11.8 Å². The second-order valence-electron chi connectivity index (χ2n) is 5.78. The van der Waals surface area contributed by atoms with E-state index in [1.807, 2.05) is 31.2 Å². The van der Waals surface area contributed by atoms with Crippen molar-refractivity contribution in [1.82, 2.24) is 5.32 Å². The summed E-state index contributed by atoms with van der Waals surface area (Å²) >= 11 is 12.1. The van der Waals surface area contributed by atoms with Crippen LogP contribution in [0.3, 0.4) is 0 Å². The largest absolute Gasteiger partial charge is 0.354 e. The molecule has 0 aliphatic heterocycles. The highest BCUT2D eigenvalue weighted by molar-refractivity contribution is 6.35. The first kappa shape index (κ1) is 19.3. The molecule has 0 aromatic heterocycles. The molecule has 0 aliphatic rings. The summed E-state index contributed by atoms with van der Waals surface area (Å²) in [5.41, 5.74) is 2.64. The lowest BCUT2D eigenvalue weighted by Crippen LogP contribution is -2.38. The Hall–Kier alpha value is -2.04. The Morgan fingerprint density at radius 1 is 1.08 bits per heavy atom. The molecule has 25 heavy (non-hydrogen) atoms. The van der Waals surface area contributed by atoms with Crippen molar-refractivity contribution in [3.05, 3.63) is 63.6 Å². The van der Waals surface area contributed by atoms with Gasteiger partial charge in [-0.2, -0.15) is 0 Å². The van der Waals surface area contributed by atoms with Gasteiger partial charge in [0.25, 0.3) is 0 Å². The van der Waals surface area contributed by atoms with Crippen molar-refractivity contribution in [3.63, 3.8) is 0 Å². The Kier molecular flexibility index (Phi) is 6.85. The quantitative estimate of drug-likeness (QED) is 0.825. The van der Waals surface area contributed by atoms with Crippen LogP contribution >= 0.6 is 23.2 Å². The van der Waals surface area contributed by atoms with Crippen LogP contribution in [-0.4, -0.2) is 24.9 Å². The van der Waals surface area contributed by atoms with Gasteiger partial charge in [-0.05, 0) is 30.7 Å². The third-order valence-electron chi connectivity index (χ3n) is 3.72. The fourth-order valence-electron chi connectivity index (χ4n) is 2.40. The fourth-order valence-corrected chi connectivity index (χ4v) is 2.79. The summed E-state index contributed by atoms with van der Waals surface area (Å²) in [7, 11) is 0. The standard InChI is InChI=1S/C19H20Cl2N2O2/c1-13-3-5-15(6-4-13)11-19(25)22-9-10-23(14(2)24)18-12-16(20)7-8-17(18)21/h3-8,12H,9-11H2,1-2H3,(H,22,25). The molecule has 6 heteroatoms. The number of aryl methyl sites for hydroxylation is 1. The molecule has 0 radical (unpaired) electrons. The van der Waals surface area contributed by atoms with Gasteiger partial charge in [0.15, 0.2) is 0 Å². The van der Waals surface area contributed by atoms with Crippen molar-refractivity contribution < 1.29 is 9.59 Å². The molecule has 4 nitrogen and oxygen atoms in total. The lowest BCUT2D eigenvalue weighted by atomic mass is 10.1. The molecule has 0 heterocycles. The molecule has 2 amide bonds. The van der Waals surface area contributed by atoms with Crippen LogP contribution in [0.1, 0.15) is 18.1 Å². The number of amides is 2. The van der Waals surface area contributed by atoms with Crippen molar-refractivity contribution in [2.75, 3.05) is 18.0 Å². The summed E-state index contributed by atoms with van der Waals surface area (Å²) in [6.07, 6.45) is 0.304. The highest BCUT2D eigenvalue weighted by Gasteiger charge is 2.15. The zero-order valence-electron chi connectivity index (χ0n) is 14.2. The van der Waals surface area contributed by atoms with Crippen LogP contribution in [0.2, 0.25) is 10.0 Å². The molecule has 0 unspecified atom stereocenters. The van der Waals surface area contributed by atoms with Crippen LogP contribution < -0.4 is 10.2 Å². The maximum Gasteiger partial charge on any atom is 0.224 e. The molecule has 2 rings (SSSR count). The minimum Gasteiger partial charge on any atom is -0.354 e. The molecule has 2 aromatic rings. The molecular weight excluding hydrogens is 359 g/mol. The normalized spacial score (nSPS) is 10.4. The van der Waals surface area contributed by atoms with Gasteiger partial charge in [-0.25, -0.2) is 0 Å². The van der Waals surface area contributed by atoms with Crippen LogP contribution in [0.25, 0.3) is 0 Å². The first-order chi connectivity index (χ1) is 11.9. The monoisotopic (exact) mass is 378 g/mol. The Balaban J connectivity index is 1.93. The maximum absolute atomic E-state index is 12.0. The van der Waals surface area contributed by atoms with Gasteiger partial charge >= 0.3 is 0 Å². The minimum absolute atomic E-state index is 0.0930. The van der Waals surface area contributed by atoms with Crippen LogP contribution in [0, 0.1) is 6.92 Å². The first-order valence-corrected chi connectivity index (χ1v) is 8.68. The van der Waals surface area contributed by atoms with E-state index < -0.39 is 0 Å². The highest BCUT2D eigenvalue weighted by Crippen LogP contribution is 2.29. The summed E-state index contributed by atoms with van der Waals surface area (Å²) in [4.78, 5) is 25.5. The number of hydrogen-bond acceptors (Lipinski definition) is 2. The Morgan fingerprint density at radius 3 is 2.40 bits per heavy atom. The van der Waals surface area contributed by atoms with E-state index in [0.29, 0.717) is 35.2 Å². The average Bonchev–Trinajstić information content (AvgIpc) is 2.56. The van der Waals surface area contributed by atoms with Gasteiger partial charge in [-0.15, -0.1) is 0 Å². The molecule has 0 aliphatic carbocycles. The van der Waals surface area contributed by atoms with Gasteiger partial charge in [0.2, 0.25) is 11.8 Å². The highest BCUT2D eigenvalue weighted by atomic mass is 35.5. The molecule has 132 valence electrons. The second-order valence-corrected chi connectivity index (χ2v) is 6.62. The molecular formula is C19H20Cl2N2O2. The number of rotatable bonds is 6. The molecule has 0 atom stereocenters. The number of carbonyl (C=O) groups is 2. The van der Waals surface area contributed by atoms with Gasteiger partial charge in [0.1, 0.15) is 0 Å². The second kappa shape index (κ2) is 8.88. The van der Waals surface area contributed by atoms with Gasteiger partial charge in [-0.3, -0.25) is 9.59 Å². The Labute approximate surface area is 157 Å². The number of halogens is 2. The topological polar surface area (TPSA) is 49.4 Å². The van der Waals surface area contributed by atoms with Gasteiger partial charge in [-0.1, -0.05) is 53.0 Å². The lowest BCUT2D eigenvalue weighted by molar-refractivity contribution is -0.121. The fraction of sp³-hybridized carbons (Fsp3) is 0.263. The number of nitrogens with one attached hydrogen (secondary N) is 1. The van der Waals surface area contributed by atoms with Gasteiger partial charge in [0, 0.05) is 25.0 Å². The van der Waals surface area contributed by atoms with Crippen LogP contribution in [0.5, 0.6) is 0 Å². The van der Waals surface area contributed by atoms with Crippen molar-refractivity contribution in [2.45, 2.75) is 20.3 Å². The third kappa shape index (κ3) is 5.76. The molecule has 2 aromatic carbocycles. The first-order valence-electron chi connectivity index (χ1n) is 7.92. The van der Waals surface area contributed by atoms with Crippen molar-refractivity contribution in [2.24, 2.45) is 0 Å². The summed E-state index contributed by atoms with van der Waals surface area (Å²) in [5.74, 6) is -0.263. The lowest BCUT2D eigenvalue weighted by Gasteiger charge is -2.22. The molecule has 1 N–H and O–H groups in total. The number of benzene rings is 2. The Morgan fingerprint density at radius 2 is 1.76 bits per heavy atom. The van der Waals surface area contributed by atoms with E-state index in [1.54, 1.807) is 18.2 Å². The molecule has 0 bridgehead atoms. The van der Waals surface area contributed by atoms with E-state index in [9.17, 15) is 9.59 Å². The van der Waals surface area contributed by atoms with Crippen LogP contribution in [-0.2, 0) is 16.0 Å². The van der Waals surface area contributed by atoms with E-state index in [-0.39, 0.29) is 11.8 Å². The number of nitrogens with zero attached hydrogens (tertiary/aromatic N) is 1. The molecule has 0 spiro atoms. The summed E-state index contributed by atoms with van der Waals surface area (Å²) in [6.45, 7) is 4.09. The van der Waals surface area contributed by atoms with Crippen molar-refractivity contribution >= 4 is 40.7 Å². The number of hydrogen-bond donors (Lipinski definition) is 1. The van der Waals surface area contributed by atoms with Crippen molar-refractivity contribution in [3.8, 4) is 0 Å². The van der Waals surface area contributed by atoms with E-state index >= 15 is 0 Å². The Bertz CT molecular complexity index is 761. The summed E-state index contributed by atoms with van der Waals surface area (Å²) < 4.78 is 0.